The molecule has 6 heteroatoms. The van der Waals surface area contributed by atoms with Crippen LogP contribution in [0, 0.1) is 0 Å². The molecule has 0 bridgehead atoms. The number of carbonyl (C=O) groups is 1. The minimum atomic E-state index is -0.336. The van der Waals surface area contributed by atoms with Crippen LogP contribution in [0.5, 0.6) is 0 Å². The molecule has 0 saturated carbocycles. The molecule has 0 aliphatic carbocycles. The van der Waals surface area contributed by atoms with E-state index in [-0.39, 0.29) is 12.6 Å². The van der Waals surface area contributed by atoms with Gasteiger partial charge in [0, 0.05) is 18.3 Å². The summed E-state index contributed by atoms with van der Waals surface area (Å²) in [6, 6.07) is 6.21. The highest BCUT2D eigenvalue weighted by Gasteiger charge is 2.24. The molecule has 2 aromatic rings. The zero-order valence-corrected chi connectivity index (χ0v) is 13.9. The number of hydrogen-bond donors (Lipinski definition) is 0. The van der Waals surface area contributed by atoms with Crippen LogP contribution in [0.3, 0.4) is 0 Å². The van der Waals surface area contributed by atoms with Crippen LogP contribution in [0.1, 0.15) is 36.5 Å². The fourth-order valence-electron chi connectivity index (χ4n) is 3.10. The van der Waals surface area contributed by atoms with Gasteiger partial charge in [0.25, 0.3) is 0 Å². The molecular formula is C18H22N4O2. The van der Waals surface area contributed by atoms with Crippen molar-refractivity contribution in [3.05, 3.63) is 49.1 Å². The number of piperidine rings is 1. The van der Waals surface area contributed by atoms with Gasteiger partial charge in [-0.25, -0.2) is 4.79 Å². The molecule has 1 fully saturated rings. The fraction of sp³-hybridized carbons (Fsp3) is 0.389. The molecule has 0 amide bonds. The molecule has 1 atom stereocenters. The van der Waals surface area contributed by atoms with Crippen molar-refractivity contribution in [3.8, 4) is 5.69 Å². The summed E-state index contributed by atoms with van der Waals surface area (Å²) in [5.41, 5.74) is 2.32. The average Bonchev–Trinajstić information content (AvgIpc) is 3.14. The SMILES string of the molecule is C=CCOC(=O)c1cc(-n2cnnc2)ccc1N1CCCC[C@H]1C. The Morgan fingerprint density at radius 3 is 2.88 bits per heavy atom. The molecule has 0 spiro atoms. The second-order valence-corrected chi connectivity index (χ2v) is 6.00. The maximum atomic E-state index is 12.6. The van der Waals surface area contributed by atoms with E-state index in [0.29, 0.717) is 11.6 Å². The van der Waals surface area contributed by atoms with E-state index in [1.54, 1.807) is 23.3 Å². The number of esters is 1. The van der Waals surface area contributed by atoms with Gasteiger partial charge < -0.3 is 9.64 Å². The maximum Gasteiger partial charge on any atom is 0.340 e. The lowest BCUT2D eigenvalue weighted by Gasteiger charge is -2.36. The highest BCUT2D eigenvalue weighted by molar-refractivity contribution is 5.96. The standard InChI is InChI=1S/C18H22N4O2/c1-3-10-24-18(23)16-11-15(21-12-19-20-13-21)7-8-17(16)22-9-5-4-6-14(22)2/h3,7-8,11-14H,1,4-6,9-10H2,2H3/t14-/m1/s1. The number of aromatic nitrogens is 3. The van der Waals surface area contributed by atoms with Crippen molar-refractivity contribution in [2.45, 2.75) is 32.2 Å². The van der Waals surface area contributed by atoms with Crippen LogP contribution in [-0.2, 0) is 4.74 Å². The summed E-state index contributed by atoms with van der Waals surface area (Å²) in [7, 11) is 0. The molecule has 1 aromatic heterocycles. The smallest absolute Gasteiger partial charge is 0.340 e. The number of nitrogens with zero attached hydrogens (tertiary/aromatic N) is 4. The van der Waals surface area contributed by atoms with E-state index in [1.807, 2.05) is 18.2 Å². The predicted octanol–water partition coefficient (Wildman–Crippen LogP) is 2.99. The lowest BCUT2D eigenvalue weighted by atomic mass is 10.0. The third kappa shape index (κ3) is 3.32. The predicted molar refractivity (Wildman–Crippen MR) is 92.5 cm³/mol. The largest absolute Gasteiger partial charge is 0.458 e. The lowest BCUT2D eigenvalue weighted by Crippen LogP contribution is -2.38. The molecule has 6 nitrogen and oxygen atoms in total. The molecule has 1 aliphatic rings. The number of benzene rings is 1. The molecular weight excluding hydrogens is 304 g/mol. The normalized spacial score (nSPS) is 17.5. The Kier molecular flexibility index (Phi) is 4.93. The first-order valence-corrected chi connectivity index (χ1v) is 8.24. The first kappa shape index (κ1) is 16.2. The minimum absolute atomic E-state index is 0.199. The van der Waals surface area contributed by atoms with E-state index >= 15 is 0 Å². The fourth-order valence-corrected chi connectivity index (χ4v) is 3.10. The number of carbonyl (C=O) groups excluding carboxylic acids is 1. The number of anilines is 1. The van der Waals surface area contributed by atoms with E-state index in [0.717, 1.165) is 30.8 Å². The van der Waals surface area contributed by atoms with Gasteiger partial charge in [0.2, 0.25) is 0 Å². The van der Waals surface area contributed by atoms with Gasteiger partial charge in [-0.2, -0.15) is 0 Å². The maximum absolute atomic E-state index is 12.6. The molecule has 24 heavy (non-hydrogen) atoms. The Bertz CT molecular complexity index is 712. The monoisotopic (exact) mass is 326 g/mol. The van der Waals surface area contributed by atoms with Crippen molar-refractivity contribution in [1.82, 2.24) is 14.8 Å². The molecule has 1 saturated heterocycles. The van der Waals surface area contributed by atoms with Crippen LogP contribution in [0.2, 0.25) is 0 Å². The third-order valence-electron chi connectivity index (χ3n) is 4.36. The van der Waals surface area contributed by atoms with E-state index in [2.05, 4.69) is 28.6 Å². The molecule has 0 radical (unpaired) electrons. The number of rotatable bonds is 5. The number of ether oxygens (including phenoxy) is 1. The summed E-state index contributed by atoms with van der Waals surface area (Å²) in [6.07, 6.45) is 8.29. The zero-order chi connectivity index (χ0) is 16.9. The second kappa shape index (κ2) is 7.29. The van der Waals surface area contributed by atoms with Gasteiger partial charge in [-0.15, -0.1) is 10.2 Å². The van der Waals surface area contributed by atoms with Crippen molar-refractivity contribution in [2.24, 2.45) is 0 Å². The summed E-state index contributed by atoms with van der Waals surface area (Å²) in [5, 5.41) is 7.64. The van der Waals surface area contributed by atoms with Gasteiger partial charge in [0.05, 0.1) is 11.3 Å². The second-order valence-electron chi connectivity index (χ2n) is 6.00. The number of hydrogen-bond acceptors (Lipinski definition) is 5. The summed E-state index contributed by atoms with van der Waals surface area (Å²) in [5.74, 6) is -0.336. The highest BCUT2D eigenvalue weighted by atomic mass is 16.5. The van der Waals surface area contributed by atoms with E-state index < -0.39 is 0 Å². The topological polar surface area (TPSA) is 60.3 Å². The zero-order valence-electron chi connectivity index (χ0n) is 13.9. The Balaban J connectivity index is 2.00. The molecule has 0 unspecified atom stereocenters. The van der Waals surface area contributed by atoms with E-state index in [4.69, 9.17) is 4.74 Å². The summed E-state index contributed by atoms with van der Waals surface area (Å²) >= 11 is 0. The van der Waals surface area contributed by atoms with Crippen LogP contribution < -0.4 is 4.90 Å². The average molecular weight is 326 g/mol. The third-order valence-corrected chi connectivity index (χ3v) is 4.36. The minimum Gasteiger partial charge on any atom is -0.458 e. The van der Waals surface area contributed by atoms with Crippen molar-refractivity contribution in [3.63, 3.8) is 0 Å². The van der Waals surface area contributed by atoms with Crippen LogP contribution in [0.15, 0.2) is 43.5 Å². The molecule has 2 heterocycles. The summed E-state index contributed by atoms with van der Waals surface area (Å²) < 4.78 is 7.06. The van der Waals surface area contributed by atoms with Gasteiger partial charge in [0.1, 0.15) is 19.3 Å². The Morgan fingerprint density at radius 1 is 1.38 bits per heavy atom. The highest BCUT2D eigenvalue weighted by Crippen LogP contribution is 2.30. The van der Waals surface area contributed by atoms with Crippen LogP contribution in [-0.4, -0.2) is 39.9 Å². The van der Waals surface area contributed by atoms with E-state index in [1.165, 1.54) is 6.42 Å². The Hall–Kier alpha value is -2.63. The molecule has 1 aromatic carbocycles. The van der Waals surface area contributed by atoms with Gasteiger partial charge in [0.15, 0.2) is 0 Å². The van der Waals surface area contributed by atoms with Crippen LogP contribution in [0.4, 0.5) is 5.69 Å². The van der Waals surface area contributed by atoms with Crippen LogP contribution >= 0.6 is 0 Å². The van der Waals surface area contributed by atoms with E-state index in [9.17, 15) is 4.79 Å². The lowest BCUT2D eigenvalue weighted by molar-refractivity contribution is 0.0550. The van der Waals surface area contributed by atoms with Crippen molar-refractivity contribution < 1.29 is 9.53 Å². The van der Waals surface area contributed by atoms with Crippen molar-refractivity contribution >= 4 is 11.7 Å². The quantitative estimate of drug-likeness (QED) is 0.624. The van der Waals surface area contributed by atoms with Gasteiger partial charge in [-0.3, -0.25) is 4.57 Å². The first-order chi connectivity index (χ1) is 11.7. The summed E-state index contributed by atoms with van der Waals surface area (Å²) in [6.45, 7) is 6.95. The Labute approximate surface area is 141 Å². The van der Waals surface area contributed by atoms with Gasteiger partial charge >= 0.3 is 5.97 Å². The van der Waals surface area contributed by atoms with Gasteiger partial charge in [-0.05, 0) is 44.4 Å². The first-order valence-electron chi connectivity index (χ1n) is 8.24. The van der Waals surface area contributed by atoms with Crippen LogP contribution in [0.25, 0.3) is 5.69 Å². The molecule has 126 valence electrons. The van der Waals surface area contributed by atoms with Crippen molar-refractivity contribution in [1.29, 1.82) is 0 Å². The summed E-state index contributed by atoms with van der Waals surface area (Å²) in [4.78, 5) is 14.9. The van der Waals surface area contributed by atoms with Gasteiger partial charge in [-0.1, -0.05) is 12.7 Å². The molecule has 0 N–H and O–H groups in total. The van der Waals surface area contributed by atoms with Crippen molar-refractivity contribution in [2.75, 3.05) is 18.1 Å². The molecule has 3 rings (SSSR count). The Morgan fingerprint density at radius 2 is 2.17 bits per heavy atom. The molecule has 1 aliphatic heterocycles.